The highest BCUT2D eigenvalue weighted by Crippen LogP contribution is 2.30. The van der Waals surface area contributed by atoms with E-state index in [4.69, 9.17) is 0 Å². The molecule has 1 aliphatic rings. The molecule has 1 N–H and O–H groups in total. The fraction of sp³-hybridized carbons (Fsp3) is 0.222. The molecule has 2 aromatic carbocycles. The van der Waals surface area contributed by atoms with Crippen LogP contribution >= 0.6 is 0 Å². The molecule has 0 aromatic heterocycles. The summed E-state index contributed by atoms with van der Waals surface area (Å²) in [4.78, 5) is 25.8. The average Bonchev–Trinajstić information content (AvgIpc) is 2.55. The monoisotopic (exact) mass is 312 g/mol. The molecule has 0 radical (unpaired) electrons. The third kappa shape index (κ3) is 3.08. The van der Waals surface area contributed by atoms with Gasteiger partial charge >= 0.3 is 0 Å². The van der Waals surface area contributed by atoms with Crippen molar-refractivity contribution >= 4 is 23.2 Å². The SMILES string of the molecule is CCN1C(=O)CCc2cc(NC(=O)c3cccc(F)c3)ccc21. The molecule has 0 atom stereocenters. The van der Waals surface area contributed by atoms with E-state index in [0.29, 0.717) is 25.1 Å². The van der Waals surface area contributed by atoms with Gasteiger partial charge in [-0.15, -0.1) is 0 Å². The summed E-state index contributed by atoms with van der Waals surface area (Å²) in [6, 6.07) is 11.0. The molecule has 2 aromatic rings. The van der Waals surface area contributed by atoms with Gasteiger partial charge in [0.05, 0.1) is 0 Å². The predicted molar refractivity (Wildman–Crippen MR) is 87.1 cm³/mol. The minimum atomic E-state index is -0.444. The first kappa shape index (κ1) is 15.2. The zero-order chi connectivity index (χ0) is 16.4. The summed E-state index contributed by atoms with van der Waals surface area (Å²) in [5, 5.41) is 2.77. The highest BCUT2D eigenvalue weighted by Gasteiger charge is 2.23. The fourth-order valence-corrected chi connectivity index (χ4v) is 2.82. The number of carbonyl (C=O) groups is 2. The molecule has 0 saturated heterocycles. The number of hydrogen-bond donors (Lipinski definition) is 1. The van der Waals surface area contributed by atoms with Gasteiger partial charge in [0, 0.05) is 29.9 Å². The molecule has 0 aliphatic carbocycles. The molecular weight excluding hydrogens is 295 g/mol. The van der Waals surface area contributed by atoms with E-state index in [0.717, 1.165) is 11.3 Å². The summed E-state index contributed by atoms with van der Waals surface area (Å²) in [7, 11) is 0. The molecule has 0 unspecified atom stereocenters. The highest BCUT2D eigenvalue weighted by molar-refractivity contribution is 6.04. The zero-order valence-corrected chi connectivity index (χ0v) is 12.8. The second kappa shape index (κ2) is 6.20. The Kier molecular flexibility index (Phi) is 4.10. The molecule has 1 aliphatic heterocycles. The second-order valence-corrected chi connectivity index (χ2v) is 5.45. The molecule has 3 rings (SSSR count). The Hall–Kier alpha value is -2.69. The average molecular weight is 312 g/mol. The molecule has 4 nitrogen and oxygen atoms in total. The van der Waals surface area contributed by atoms with Crippen molar-refractivity contribution in [2.24, 2.45) is 0 Å². The van der Waals surface area contributed by atoms with E-state index in [1.807, 2.05) is 19.1 Å². The zero-order valence-electron chi connectivity index (χ0n) is 12.8. The maximum atomic E-state index is 13.2. The summed E-state index contributed by atoms with van der Waals surface area (Å²) >= 11 is 0. The van der Waals surface area contributed by atoms with E-state index in [1.54, 1.807) is 17.0 Å². The first-order valence-corrected chi connectivity index (χ1v) is 7.58. The predicted octanol–water partition coefficient (Wildman–Crippen LogP) is 3.38. The van der Waals surface area contributed by atoms with Crippen molar-refractivity contribution in [3.8, 4) is 0 Å². The molecule has 0 bridgehead atoms. The Bertz CT molecular complexity index is 773. The van der Waals surface area contributed by atoms with E-state index in [-0.39, 0.29) is 17.4 Å². The van der Waals surface area contributed by atoms with Crippen LogP contribution in [-0.4, -0.2) is 18.4 Å². The summed E-state index contributed by atoms with van der Waals surface area (Å²) < 4.78 is 13.2. The summed E-state index contributed by atoms with van der Waals surface area (Å²) in [5.74, 6) is -0.680. The van der Waals surface area contributed by atoms with E-state index in [2.05, 4.69) is 5.32 Å². The normalized spacial score (nSPS) is 13.7. The Morgan fingerprint density at radius 2 is 2.04 bits per heavy atom. The lowest BCUT2D eigenvalue weighted by atomic mass is 10.0. The van der Waals surface area contributed by atoms with Gasteiger partial charge in [-0.05, 0) is 55.3 Å². The standard InChI is InChI=1S/C18H17FN2O2/c1-2-21-16-8-7-15(11-12(16)6-9-17(21)22)20-18(23)13-4-3-5-14(19)10-13/h3-5,7-8,10-11H,2,6,9H2,1H3,(H,20,23). The summed E-state index contributed by atoms with van der Waals surface area (Å²) in [6.45, 7) is 2.56. The number of carbonyl (C=O) groups excluding carboxylic acids is 2. The van der Waals surface area contributed by atoms with Gasteiger partial charge in [0.25, 0.3) is 5.91 Å². The van der Waals surface area contributed by atoms with Crippen LogP contribution in [0.25, 0.3) is 0 Å². The van der Waals surface area contributed by atoms with Crippen LogP contribution in [-0.2, 0) is 11.2 Å². The molecule has 1 heterocycles. The molecule has 2 amide bonds. The fourth-order valence-electron chi connectivity index (χ4n) is 2.82. The number of anilines is 2. The molecule has 0 spiro atoms. The lowest BCUT2D eigenvalue weighted by Crippen LogP contribution is -2.34. The molecule has 0 fully saturated rings. The Labute approximate surface area is 133 Å². The van der Waals surface area contributed by atoms with Gasteiger partial charge in [-0.2, -0.15) is 0 Å². The summed E-state index contributed by atoms with van der Waals surface area (Å²) in [5.41, 5.74) is 2.84. The largest absolute Gasteiger partial charge is 0.322 e. The van der Waals surface area contributed by atoms with Gasteiger partial charge in [0.2, 0.25) is 5.91 Å². The van der Waals surface area contributed by atoms with Crippen LogP contribution in [0.3, 0.4) is 0 Å². The first-order chi connectivity index (χ1) is 11.1. The molecule has 118 valence electrons. The molecule has 0 saturated carbocycles. The number of hydrogen-bond acceptors (Lipinski definition) is 2. The van der Waals surface area contributed by atoms with Crippen LogP contribution in [0.2, 0.25) is 0 Å². The van der Waals surface area contributed by atoms with Crippen molar-refractivity contribution < 1.29 is 14.0 Å². The number of amides is 2. The van der Waals surface area contributed by atoms with E-state index in [9.17, 15) is 14.0 Å². The topological polar surface area (TPSA) is 49.4 Å². The van der Waals surface area contributed by atoms with Crippen LogP contribution in [0.4, 0.5) is 15.8 Å². The lowest BCUT2D eigenvalue weighted by Gasteiger charge is -2.28. The third-order valence-electron chi connectivity index (χ3n) is 3.94. The van der Waals surface area contributed by atoms with E-state index >= 15 is 0 Å². The minimum Gasteiger partial charge on any atom is -0.322 e. The Morgan fingerprint density at radius 3 is 2.78 bits per heavy atom. The Balaban J connectivity index is 1.82. The van der Waals surface area contributed by atoms with Gasteiger partial charge in [0.15, 0.2) is 0 Å². The molecular formula is C18H17FN2O2. The van der Waals surface area contributed by atoms with Gasteiger partial charge in [-0.25, -0.2) is 4.39 Å². The van der Waals surface area contributed by atoms with Crippen LogP contribution in [0, 0.1) is 5.82 Å². The quantitative estimate of drug-likeness (QED) is 0.944. The van der Waals surface area contributed by atoms with E-state index < -0.39 is 5.82 Å². The van der Waals surface area contributed by atoms with Crippen molar-refractivity contribution in [3.63, 3.8) is 0 Å². The van der Waals surface area contributed by atoms with Crippen molar-refractivity contribution in [2.45, 2.75) is 19.8 Å². The van der Waals surface area contributed by atoms with Crippen molar-refractivity contribution in [3.05, 3.63) is 59.4 Å². The number of halogens is 1. The maximum Gasteiger partial charge on any atom is 0.255 e. The second-order valence-electron chi connectivity index (χ2n) is 5.45. The smallest absolute Gasteiger partial charge is 0.255 e. The van der Waals surface area contributed by atoms with E-state index in [1.165, 1.54) is 18.2 Å². The van der Waals surface area contributed by atoms with Crippen LogP contribution in [0.1, 0.15) is 29.3 Å². The van der Waals surface area contributed by atoms with Gasteiger partial charge < -0.3 is 10.2 Å². The number of nitrogens with zero attached hydrogens (tertiary/aromatic N) is 1. The van der Waals surface area contributed by atoms with Gasteiger partial charge in [0.1, 0.15) is 5.82 Å². The maximum absolute atomic E-state index is 13.2. The van der Waals surface area contributed by atoms with Crippen LogP contribution in [0.15, 0.2) is 42.5 Å². The number of fused-ring (bicyclic) bond motifs is 1. The Morgan fingerprint density at radius 1 is 1.22 bits per heavy atom. The number of aryl methyl sites for hydroxylation is 1. The van der Waals surface area contributed by atoms with Gasteiger partial charge in [-0.3, -0.25) is 9.59 Å². The number of benzene rings is 2. The first-order valence-electron chi connectivity index (χ1n) is 7.58. The number of nitrogens with one attached hydrogen (secondary N) is 1. The minimum absolute atomic E-state index is 0.122. The summed E-state index contributed by atoms with van der Waals surface area (Å²) in [6.07, 6.45) is 1.14. The number of rotatable bonds is 3. The van der Waals surface area contributed by atoms with Crippen molar-refractivity contribution in [2.75, 3.05) is 16.8 Å². The van der Waals surface area contributed by atoms with Crippen molar-refractivity contribution in [1.29, 1.82) is 0 Å². The van der Waals surface area contributed by atoms with Crippen LogP contribution < -0.4 is 10.2 Å². The van der Waals surface area contributed by atoms with Crippen molar-refractivity contribution in [1.82, 2.24) is 0 Å². The van der Waals surface area contributed by atoms with Gasteiger partial charge in [-0.1, -0.05) is 6.07 Å². The lowest BCUT2D eigenvalue weighted by molar-refractivity contribution is -0.118. The van der Waals surface area contributed by atoms with Crippen LogP contribution in [0.5, 0.6) is 0 Å². The highest BCUT2D eigenvalue weighted by atomic mass is 19.1. The molecule has 23 heavy (non-hydrogen) atoms. The third-order valence-corrected chi connectivity index (χ3v) is 3.94. The molecule has 5 heteroatoms.